The number of nitrogens with one attached hydrogen (secondary N) is 2. The van der Waals surface area contributed by atoms with Crippen molar-refractivity contribution < 1.29 is 0 Å². The molecule has 0 bridgehead atoms. The van der Waals surface area contributed by atoms with Crippen LogP contribution in [-0.2, 0) is 19.0 Å². The molecule has 1 aliphatic carbocycles. The maximum absolute atomic E-state index is 4.37. The van der Waals surface area contributed by atoms with Crippen molar-refractivity contribution in [1.29, 1.82) is 0 Å². The number of aliphatic imine (C=N–C) groups is 1. The van der Waals surface area contributed by atoms with Crippen LogP contribution in [0.25, 0.3) is 0 Å². The fourth-order valence-corrected chi connectivity index (χ4v) is 3.91. The molecule has 2 aromatic rings. The number of hydrogen-bond acceptors (Lipinski definition) is 2. The van der Waals surface area contributed by atoms with Gasteiger partial charge in [-0.1, -0.05) is 40.9 Å². The second kappa shape index (κ2) is 8.04. The molecule has 2 N–H and O–H groups in total. The Morgan fingerprint density at radius 1 is 1.20 bits per heavy atom. The molecule has 5 nitrogen and oxygen atoms in total. The molecule has 1 saturated carbocycles. The maximum atomic E-state index is 4.37. The molecule has 0 saturated heterocycles. The zero-order chi connectivity index (χ0) is 17.7. The Morgan fingerprint density at radius 2 is 1.92 bits per heavy atom. The maximum Gasteiger partial charge on any atom is 0.191 e. The molecule has 3 rings (SSSR count). The van der Waals surface area contributed by atoms with Gasteiger partial charge >= 0.3 is 0 Å². The Balaban J connectivity index is 1.64. The molecule has 0 atom stereocenters. The fourth-order valence-electron chi connectivity index (χ4n) is 3.65. The summed E-state index contributed by atoms with van der Waals surface area (Å²) in [5.41, 5.74) is 2.75. The van der Waals surface area contributed by atoms with Gasteiger partial charge in [-0.05, 0) is 36.6 Å². The lowest BCUT2D eigenvalue weighted by molar-refractivity contribution is 0.431. The monoisotopic (exact) mass is 403 g/mol. The van der Waals surface area contributed by atoms with Crippen molar-refractivity contribution in [2.24, 2.45) is 12.0 Å². The van der Waals surface area contributed by atoms with E-state index in [1.54, 1.807) is 0 Å². The number of aromatic nitrogens is 2. The van der Waals surface area contributed by atoms with Crippen LogP contribution in [0.2, 0.25) is 0 Å². The Kier molecular flexibility index (Phi) is 5.78. The summed E-state index contributed by atoms with van der Waals surface area (Å²) in [7, 11) is 3.77. The molecule has 1 fully saturated rings. The van der Waals surface area contributed by atoms with E-state index in [0.29, 0.717) is 6.54 Å². The third kappa shape index (κ3) is 4.24. The summed E-state index contributed by atoms with van der Waals surface area (Å²) >= 11 is 3.54. The summed E-state index contributed by atoms with van der Waals surface area (Å²) in [6.45, 7) is 1.61. The molecule has 0 aliphatic heterocycles. The molecule has 0 amide bonds. The Bertz CT molecular complexity index is 714. The SMILES string of the molecule is CN=C(NCc1ccnn1C)NCC1(c2ccc(Br)cc2)CCCC1. The predicted molar refractivity (Wildman–Crippen MR) is 106 cm³/mol. The van der Waals surface area contributed by atoms with Crippen LogP contribution < -0.4 is 10.6 Å². The van der Waals surface area contributed by atoms with Crippen molar-refractivity contribution in [3.05, 3.63) is 52.3 Å². The van der Waals surface area contributed by atoms with Gasteiger partial charge in [0.25, 0.3) is 0 Å². The molecule has 0 radical (unpaired) electrons. The third-order valence-electron chi connectivity index (χ3n) is 5.19. The van der Waals surface area contributed by atoms with E-state index in [9.17, 15) is 0 Å². The number of guanidine groups is 1. The molecule has 0 spiro atoms. The first-order valence-corrected chi connectivity index (χ1v) is 9.60. The van der Waals surface area contributed by atoms with Crippen molar-refractivity contribution in [3.8, 4) is 0 Å². The average molecular weight is 404 g/mol. The molecular formula is C19H26BrN5. The van der Waals surface area contributed by atoms with Crippen molar-refractivity contribution in [2.45, 2.75) is 37.6 Å². The normalized spacial score (nSPS) is 16.8. The summed E-state index contributed by atoms with van der Waals surface area (Å²) in [5.74, 6) is 0.838. The highest BCUT2D eigenvalue weighted by atomic mass is 79.9. The van der Waals surface area contributed by atoms with Crippen LogP contribution >= 0.6 is 15.9 Å². The van der Waals surface area contributed by atoms with Crippen LogP contribution in [0.3, 0.4) is 0 Å². The second-order valence-electron chi connectivity index (χ2n) is 6.72. The molecule has 1 heterocycles. The zero-order valence-electron chi connectivity index (χ0n) is 14.9. The fraction of sp³-hybridized carbons (Fsp3) is 0.474. The van der Waals surface area contributed by atoms with Gasteiger partial charge in [0.2, 0.25) is 0 Å². The van der Waals surface area contributed by atoms with Crippen molar-refractivity contribution in [2.75, 3.05) is 13.6 Å². The summed E-state index contributed by atoms with van der Waals surface area (Å²) in [5, 5.41) is 11.1. The van der Waals surface area contributed by atoms with E-state index in [2.05, 4.69) is 60.9 Å². The minimum atomic E-state index is 0.199. The quantitative estimate of drug-likeness (QED) is 0.594. The number of halogens is 1. The van der Waals surface area contributed by atoms with Crippen LogP contribution in [-0.4, -0.2) is 29.3 Å². The summed E-state index contributed by atoms with van der Waals surface area (Å²) in [6, 6.07) is 10.8. The minimum absolute atomic E-state index is 0.199. The average Bonchev–Trinajstić information content (AvgIpc) is 3.26. The first-order valence-electron chi connectivity index (χ1n) is 8.80. The number of nitrogens with zero attached hydrogens (tertiary/aromatic N) is 3. The lowest BCUT2D eigenvalue weighted by atomic mass is 9.79. The van der Waals surface area contributed by atoms with Gasteiger partial charge in [-0.2, -0.15) is 5.10 Å². The largest absolute Gasteiger partial charge is 0.356 e. The minimum Gasteiger partial charge on any atom is -0.356 e. The summed E-state index contributed by atoms with van der Waals surface area (Å²) < 4.78 is 3.01. The van der Waals surface area contributed by atoms with Crippen LogP contribution in [0, 0.1) is 0 Å². The van der Waals surface area contributed by atoms with E-state index >= 15 is 0 Å². The number of benzene rings is 1. The second-order valence-corrected chi connectivity index (χ2v) is 7.64. The molecule has 1 aromatic heterocycles. The molecular weight excluding hydrogens is 378 g/mol. The van der Waals surface area contributed by atoms with E-state index in [4.69, 9.17) is 0 Å². The van der Waals surface area contributed by atoms with Gasteiger partial charge in [0.15, 0.2) is 5.96 Å². The van der Waals surface area contributed by atoms with Crippen LogP contribution in [0.5, 0.6) is 0 Å². The highest BCUT2D eigenvalue weighted by Crippen LogP contribution is 2.40. The molecule has 1 aliphatic rings. The van der Waals surface area contributed by atoms with Crippen molar-refractivity contribution >= 4 is 21.9 Å². The highest BCUT2D eigenvalue weighted by molar-refractivity contribution is 9.10. The van der Waals surface area contributed by atoms with E-state index in [0.717, 1.165) is 22.7 Å². The van der Waals surface area contributed by atoms with E-state index in [-0.39, 0.29) is 5.41 Å². The van der Waals surface area contributed by atoms with Crippen molar-refractivity contribution in [3.63, 3.8) is 0 Å². The predicted octanol–water partition coefficient (Wildman–Crippen LogP) is 3.36. The molecule has 25 heavy (non-hydrogen) atoms. The Hall–Kier alpha value is -1.82. The number of aryl methyl sites for hydroxylation is 1. The van der Waals surface area contributed by atoms with E-state index in [1.807, 2.05) is 31.0 Å². The highest BCUT2D eigenvalue weighted by Gasteiger charge is 2.35. The van der Waals surface area contributed by atoms with Gasteiger partial charge in [0.1, 0.15) is 0 Å². The lowest BCUT2D eigenvalue weighted by Crippen LogP contribution is -2.44. The molecule has 0 unspecified atom stereocenters. The van der Waals surface area contributed by atoms with Gasteiger partial charge < -0.3 is 10.6 Å². The van der Waals surface area contributed by atoms with Crippen LogP contribution in [0.4, 0.5) is 0 Å². The number of hydrogen-bond donors (Lipinski definition) is 2. The van der Waals surface area contributed by atoms with Gasteiger partial charge in [-0.25, -0.2) is 0 Å². The number of rotatable bonds is 5. The van der Waals surface area contributed by atoms with Gasteiger partial charge in [0, 0.05) is 36.7 Å². The summed E-state index contributed by atoms with van der Waals surface area (Å²) in [4.78, 5) is 4.37. The van der Waals surface area contributed by atoms with E-state index < -0.39 is 0 Å². The van der Waals surface area contributed by atoms with Gasteiger partial charge in [0.05, 0.1) is 12.2 Å². The topological polar surface area (TPSA) is 54.2 Å². The molecule has 1 aromatic carbocycles. The van der Waals surface area contributed by atoms with E-state index in [1.165, 1.54) is 31.2 Å². The van der Waals surface area contributed by atoms with Crippen LogP contribution in [0.1, 0.15) is 36.9 Å². The lowest BCUT2D eigenvalue weighted by Gasteiger charge is -2.31. The van der Waals surface area contributed by atoms with Crippen LogP contribution in [0.15, 0.2) is 46.0 Å². The van der Waals surface area contributed by atoms with Gasteiger partial charge in [-0.15, -0.1) is 0 Å². The Morgan fingerprint density at radius 3 is 2.52 bits per heavy atom. The molecule has 134 valence electrons. The zero-order valence-corrected chi connectivity index (χ0v) is 16.5. The first-order chi connectivity index (χ1) is 12.1. The standard InChI is InChI=1S/C19H26BrN5/c1-21-18(22-13-17-9-12-24-25(17)2)23-14-19(10-3-4-11-19)15-5-7-16(20)8-6-15/h5-9,12H,3-4,10-11,13-14H2,1-2H3,(H2,21,22,23). The third-order valence-corrected chi connectivity index (χ3v) is 5.72. The molecule has 6 heteroatoms. The first kappa shape index (κ1) is 18.0. The Labute approximate surface area is 158 Å². The van der Waals surface area contributed by atoms with Gasteiger partial charge in [-0.3, -0.25) is 9.67 Å². The smallest absolute Gasteiger partial charge is 0.191 e. The van der Waals surface area contributed by atoms with Crippen molar-refractivity contribution in [1.82, 2.24) is 20.4 Å². The summed E-state index contributed by atoms with van der Waals surface area (Å²) in [6.07, 6.45) is 6.84.